The first kappa shape index (κ1) is 9.95. The summed E-state index contributed by atoms with van der Waals surface area (Å²) in [6.07, 6.45) is 3.91. The third kappa shape index (κ3) is 5.40. The van der Waals surface area contributed by atoms with Crippen LogP contribution in [0.3, 0.4) is 0 Å². The van der Waals surface area contributed by atoms with Gasteiger partial charge in [-0.3, -0.25) is 4.79 Å². The third-order valence-electron chi connectivity index (χ3n) is 1.49. The summed E-state index contributed by atoms with van der Waals surface area (Å²) >= 11 is 0. The summed E-state index contributed by atoms with van der Waals surface area (Å²) in [6, 6.07) is 0. The molecule has 0 aromatic rings. The van der Waals surface area contributed by atoms with Crippen LogP contribution in [0.5, 0.6) is 0 Å². The van der Waals surface area contributed by atoms with Crippen LogP contribution in [-0.4, -0.2) is 10.9 Å². The molecule has 0 aromatic carbocycles. The molecule has 0 fully saturated rings. The number of allylic oxidation sites excluding steroid dienone is 2. The lowest BCUT2D eigenvalue weighted by molar-refractivity contribution is -0.120. The lowest BCUT2D eigenvalue weighted by Crippen LogP contribution is -2.03. The van der Waals surface area contributed by atoms with Gasteiger partial charge in [0.2, 0.25) is 0 Å². The van der Waals surface area contributed by atoms with Crippen LogP contribution in [0.4, 0.5) is 0 Å². The fraction of sp³-hybridized carbons (Fsp3) is 0.444. The molecule has 0 bridgehead atoms. The Bertz CT molecular complexity index is 180. The van der Waals surface area contributed by atoms with Gasteiger partial charge in [-0.15, -0.1) is 0 Å². The molecule has 0 aromatic heterocycles. The summed E-state index contributed by atoms with van der Waals surface area (Å²) in [4.78, 5) is 10.7. The van der Waals surface area contributed by atoms with E-state index in [-0.39, 0.29) is 17.5 Å². The molecule has 0 spiro atoms. The lowest BCUT2D eigenvalue weighted by atomic mass is 10.0. The van der Waals surface area contributed by atoms with Crippen molar-refractivity contribution in [3.05, 3.63) is 24.5 Å². The number of ketones is 1. The van der Waals surface area contributed by atoms with Crippen LogP contribution < -0.4 is 0 Å². The molecule has 0 saturated carbocycles. The quantitative estimate of drug-likeness (QED) is 0.498. The van der Waals surface area contributed by atoms with Crippen molar-refractivity contribution in [1.82, 2.24) is 0 Å². The van der Waals surface area contributed by atoms with Crippen molar-refractivity contribution in [2.24, 2.45) is 5.92 Å². The minimum atomic E-state index is 0.0285. The second-order valence-electron chi connectivity index (χ2n) is 2.64. The number of carbonyl (C=O) groups excluding carboxylic acids is 1. The molecule has 1 atom stereocenters. The highest BCUT2D eigenvalue weighted by molar-refractivity contribution is 5.77. The van der Waals surface area contributed by atoms with E-state index >= 15 is 0 Å². The van der Waals surface area contributed by atoms with Gasteiger partial charge >= 0.3 is 0 Å². The van der Waals surface area contributed by atoms with Crippen LogP contribution >= 0.6 is 0 Å². The predicted octanol–water partition coefficient (Wildman–Crippen LogP) is 2.23. The van der Waals surface area contributed by atoms with E-state index in [9.17, 15) is 4.79 Å². The Balaban J connectivity index is 3.70. The largest absolute Gasteiger partial charge is 0.509 e. The molecule has 2 nitrogen and oxygen atoms in total. The minimum Gasteiger partial charge on any atom is -0.509 e. The van der Waals surface area contributed by atoms with E-state index in [4.69, 9.17) is 5.11 Å². The average Bonchev–Trinajstić information content (AvgIpc) is 1.86. The number of aliphatic hydroxyl groups excluding tert-OH is 1. The van der Waals surface area contributed by atoms with Crippen molar-refractivity contribution in [2.45, 2.75) is 20.3 Å². The summed E-state index contributed by atoms with van der Waals surface area (Å²) in [5, 5.41) is 8.64. The Hall–Kier alpha value is -1.05. The summed E-state index contributed by atoms with van der Waals surface area (Å²) in [6.45, 7) is 6.70. The number of rotatable bonds is 4. The minimum absolute atomic E-state index is 0.0285. The maximum atomic E-state index is 10.7. The average molecular weight is 154 g/mol. The van der Waals surface area contributed by atoms with Crippen LogP contribution in [-0.2, 0) is 4.79 Å². The first-order valence-electron chi connectivity index (χ1n) is 3.59. The molecule has 0 aliphatic heterocycles. The number of hydrogen-bond acceptors (Lipinski definition) is 2. The highest BCUT2D eigenvalue weighted by Gasteiger charge is 2.03. The first-order valence-corrected chi connectivity index (χ1v) is 3.59. The van der Waals surface area contributed by atoms with Gasteiger partial charge in [0.1, 0.15) is 11.5 Å². The summed E-state index contributed by atoms with van der Waals surface area (Å²) in [5.74, 6) is 0.226. The molecule has 0 aliphatic carbocycles. The number of aliphatic hydroxyl groups is 1. The summed E-state index contributed by atoms with van der Waals surface area (Å²) in [7, 11) is 0. The van der Waals surface area contributed by atoms with Gasteiger partial charge < -0.3 is 5.11 Å². The number of hydrogen-bond donors (Lipinski definition) is 1. The summed E-state index contributed by atoms with van der Waals surface area (Å²) < 4.78 is 0. The van der Waals surface area contributed by atoms with Gasteiger partial charge in [0.15, 0.2) is 0 Å². The fourth-order valence-electron chi connectivity index (χ4n) is 0.574. The van der Waals surface area contributed by atoms with E-state index in [0.717, 1.165) is 0 Å². The molecule has 0 amide bonds. The normalized spacial score (nSPS) is 13.3. The molecule has 1 N–H and O–H groups in total. The zero-order valence-corrected chi connectivity index (χ0v) is 7.00. The highest BCUT2D eigenvalue weighted by Crippen LogP contribution is 2.04. The molecular formula is C9H14O2. The highest BCUT2D eigenvalue weighted by atomic mass is 16.3. The zero-order valence-electron chi connectivity index (χ0n) is 7.00. The van der Waals surface area contributed by atoms with E-state index in [1.165, 1.54) is 6.08 Å². The summed E-state index contributed by atoms with van der Waals surface area (Å²) in [5.41, 5.74) is 0. The van der Waals surface area contributed by atoms with Crippen molar-refractivity contribution in [2.75, 3.05) is 0 Å². The SMILES string of the molecule is C=C(O)C=CCC(C)C(C)=O. The van der Waals surface area contributed by atoms with Crippen molar-refractivity contribution in [1.29, 1.82) is 0 Å². The van der Waals surface area contributed by atoms with Crippen LogP contribution in [0.1, 0.15) is 20.3 Å². The van der Waals surface area contributed by atoms with E-state index in [2.05, 4.69) is 6.58 Å². The Labute approximate surface area is 67.2 Å². The van der Waals surface area contributed by atoms with Crippen molar-refractivity contribution < 1.29 is 9.90 Å². The van der Waals surface area contributed by atoms with E-state index in [1.54, 1.807) is 13.0 Å². The third-order valence-corrected chi connectivity index (χ3v) is 1.49. The van der Waals surface area contributed by atoms with Gasteiger partial charge in [-0.1, -0.05) is 19.6 Å². The molecule has 1 unspecified atom stereocenters. The molecular weight excluding hydrogens is 140 g/mol. The fourth-order valence-corrected chi connectivity index (χ4v) is 0.574. The van der Waals surface area contributed by atoms with Crippen molar-refractivity contribution >= 4 is 5.78 Å². The zero-order chi connectivity index (χ0) is 8.85. The Morgan fingerprint density at radius 2 is 2.27 bits per heavy atom. The molecule has 0 heterocycles. The maximum Gasteiger partial charge on any atom is 0.132 e. The van der Waals surface area contributed by atoms with Gasteiger partial charge in [0, 0.05) is 5.92 Å². The molecule has 0 radical (unpaired) electrons. The van der Waals surface area contributed by atoms with E-state index in [1.807, 2.05) is 6.92 Å². The Morgan fingerprint density at radius 1 is 1.73 bits per heavy atom. The molecule has 0 aliphatic rings. The van der Waals surface area contributed by atoms with E-state index < -0.39 is 0 Å². The van der Waals surface area contributed by atoms with Crippen LogP contribution in [0, 0.1) is 5.92 Å². The monoisotopic (exact) mass is 154 g/mol. The molecule has 11 heavy (non-hydrogen) atoms. The second-order valence-corrected chi connectivity index (χ2v) is 2.64. The number of Topliss-reactive ketones (excluding diaryl/α,β-unsaturated/α-hetero) is 1. The van der Waals surface area contributed by atoms with Crippen LogP contribution in [0.15, 0.2) is 24.5 Å². The molecule has 2 heteroatoms. The van der Waals surface area contributed by atoms with Gasteiger partial charge in [-0.2, -0.15) is 0 Å². The van der Waals surface area contributed by atoms with Gasteiger partial charge in [-0.25, -0.2) is 0 Å². The van der Waals surface area contributed by atoms with Crippen LogP contribution in [0.25, 0.3) is 0 Å². The van der Waals surface area contributed by atoms with Crippen molar-refractivity contribution in [3.8, 4) is 0 Å². The first-order chi connectivity index (χ1) is 5.04. The van der Waals surface area contributed by atoms with Crippen LogP contribution in [0.2, 0.25) is 0 Å². The lowest BCUT2D eigenvalue weighted by Gasteiger charge is -2.00. The standard InChI is InChI=1S/C9H14O2/c1-7(9(3)11)5-4-6-8(2)10/h4,6-7,10H,2,5H2,1,3H3. The smallest absolute Gasteiger partial charge is 0.132 e. The van der Waals surface area contributed by atoms with Gasteiger partial charge in [0.05, 0.1) is 0 Å². The molecule has 0 rings (SSSR count). The molecule has 0 saturated heterocycles. The maximum absolute atomic E-state index is 10.7. The van der Waals surface area contributed by atoms with E-state index in [0.29, 0.717) is 6.42 Å². The van der Waals surface area contributed by atoms with Crippen molar-refractivity contribution in [3.63, 3.8) is 0 Å². The topological polar surface area (TPSA) is 37.3 Å². The van der Waals surface area contributed by atoms with Gasteiger partial charge in [-0.05, 0) is 19.4 Å². The van der Waals surface area contributed by atoms with Gasteiger partial charge in [0.25, 0.3) is 0 Å². The second kappa shape index (κ2) is 4.72. The molecule has 62 valence electrons. The number of carbonyl (C=O) groups is 1. The Kier molecular flexibility index (Phi) is 4.27. The predicted molar refractivity (Wildman–Crippen MR) is 45.4 cm³/mol. The Morgan fingerprint density at radius 3 is 2.64 bits per heavy atom.